The van der Waals surface area contributed by atoms with Crippen molar-refractivity contribution in [1.29, 1.82) is 0 Å². The lowest BCUT2D eigenvalue weighted by molar-refractivity contribution is -0.137. The predicted octanol–water partition coefficient (Wildman–Crippen LogP) is 2.73. The number of nitrogens with zero attached hydrogens (tertiary/aromatic N) is 4. The summed E-state index contributed by atoms with van der Waals surface area (Å²) >= 11 is 0. The minimum absolute atomic E-state index is 0.000291. The van der Waals surface area contributed by atoms with Gasteiger partial charge in [0.05, 0.1) is 5.56 Å². The van der Waals surface area contributed by atoms with E-state index in [1.54, 1.807) is 4.31 Å². The first kappa shape index (κ1) is 20.3. The smallest absolute Gasteiger partial charge is 0.355 e. The summed E-state index contributed by atoms with van der Waals surface area (Å²) < 4.78 is 67.1. The lowest BCUT2D eigenvalue weighted by Gasteiger charge is -2.36. The first-order chi connectivity index (χ1) is 12.7. The van der Waals surface area contributed by atoms with Gasteiger partial charge in [0.15, 0.2) is 0 Å². The van der Waals surface area contributed by atoms with E-state index in [0.29, 0.717) is 45.0 Å². The number of rotatable bonds is 3. The van der Waals surface area contributed by atoms with Crippen molar-refractivity contribution in [2.45, 2.75) is 44.8 Å². The van der Waals surface area contributed by atoms with E-state index in [0.717, 1.165) is 31.5 Å². The van der Waals surface area contributed by atoms with Crippen LogP contribution in [0.3, 0.4) is 0 Å². The van der Waals surface area contributed by atoms with Gasteiger partial charge in [-0.2, -0.15) is 30.2 Å². The van der Waals surface area contributed by atoms with Gasteiger partial charge in [0.1, 0.15) is 5.82 Å². The molecule has 2 aliphatic heterocycles. The minimum Gasteiger partial charge on any atom is -0.355 e. The monoisotopic (exact) mass is 406 g/mol. The number of piperidine rings is 1. The number of aromatic nitrogens is 1. The molecule has 152 valence electrons. The molecular weight excluding hydrogens is 381 g/mol. The second-order valence-corrected chi connectivity index (χ2v) is 8.99. The van der Waals surface area contributed by atoms with Gasteiger partial charge in [0.25, 0.3) is 10.2 Å². The lowest BCUT2D eigenvalue weighted by atomic mass is 10.1. The molecule has 3 rings (SSSR count). The van der Waals surface area contributed by atoms with E-state index in [2.05, 4.69) is 4.98 Å². The third-order valence-corrected chi connectivity index (χ3v) is 7.37. The van der Waals surface area contributed by atoms with E-state index in [9.17, 15) is 21.6 Å². The van der Waals surface area contributed by atoms with Crippen LogP contribution >= 0.6 is 0 Å². The fourth-order valence-electron chi connectivity index (χ4n) is 3.66. The van der Waals surface area contributed by atoms with Crippen molar-refractivity contribution >= 4 is 16.0 Å². The van der Waals surface area contributed by atoms with Crippen LogP contribution in [-0.2, 0) is 16.4 Å². The molecule has 1 aromatic heterocycles. The van der Waals surface area contributed by atoms with Crippen LogP contribution in [0.1, 0.15) is 38.2 Å². The van der Waals surface area contributed by atoms with E-state index in [1.807, 2.05) is 11.8 Å². The fraction of sp³-hybridized carbons (Fsp3) is 0.706. The maximum atomic E-state index is 13.0. The molecule has 1 aromatic rings. The Balaban J connectivity index is 1.68. The highest BCUT2D eigenvalue weighted by Crippen LogP contribution is 2.30. The van der Waals surface area contributed by atoms with Gasteiger partial charge < -0.3 is 4.90 Å². The molecule has 0 saturated carbocycles. The summed E-state index contributed by atoms with van der Waals surface area (Å²) in [6, 6.07) is 2.36. The molecule has 1 atom stereocenters. The summed E-state index contributed by atoms with van der Waals surface area (Å²) in [4.78, 5) is 5.77. The Bertz CT molecular complexity index is 740. The number of alkyl halides is 3. The Morgan fingerprint density at radius 2 is 1.81 bits per heavy atom. The van der Waals surface area contributed by atoms with E-state index < -0.39 is 21.9 Å². The van der Waals surface area contributed by atoms with E-state index in [4.69, 9.17) is 0 Å². The van der Waals surface area contributed by atoms with Crippen molar-refractivity contribution in [2.24, 2.45) is 0 Å². The Kier molecular flexibility index (Phi) is 5.97. The molecular formula is C17H25F3N4O2S. The highest BCUT2D eigenvalue weighted by atomic mass is 32.2. The van der Waals surface area contributed by atoms with Gasteiger partial charge in [0, 0.05) is 45.0 Å². The average molecular weight is 406 g/mol. The summed E-state index contributed by atoms with van der Waals surface area (Å²) in [7, 11) is -3.52. The fourth-order valence-corrected chi connectivity index (χ4v) is 5.55. The molecule has 0 aromatic carbocycles. The van der Waals surface area contributed by atoms with Gasteiger partial charge in [-0.1, -0.05) is 6.42 Å². The van der Waals surface area contributed by atoms with Gasteiger partial charge in [0.2, 0.25) is 0 Å². The number of hydrogen-bond donors (Lipinski definition) is 0. The molecule has 0 aliphatic carbocycles. The lowest BCUT2D eigenvalue weighted by Crippen LogP contribution is -2.50. The van der Waals surface area contributed by atoms with Crippen molar-refractivity contribution in [3.8, 4) is 0 Å². The Labute approximate surface area is 158 Å². The zero-order valence-electron chi connectivity index (χ0n) is 15.3. The maximum Gasteiger partial charge on any atom is 0.417 e. The van der Waals surface area contributed by atoms with Crippen LogP contribution in [0.4, 0.5) is 19.0 Å². The molecule has 27 heavy (non-hydrogen) atoms. The zero-order valence-corrected chi connectivity index (χ0v) is 16.1. The van der Waals surface area contributed by atoms with Crippen molar-refractivity contribution in [2.75, 3.05) is 37.6 Å². The SMILES string of the molecule is C[C@@H]1CCCCN1S(=O)(=O)N1CCCN(c2ccc(C(F)(F)F)cn2)CC1. The Morgan fingerprint density at radius 3 is 2.44 bits per heavy atom. The van der Waals surface area contributed by atoms with Crippen molar-refractivity contribution in [1.82, 2.24) is 13.6 Å². The minimum atomic E-state index is -4.42. The molecule has 0 spiro atoms. The van der Waals surface area contributed by atoms with Gasteiger partial charge in [-0.05, 0) is 38.3 Å². The van der Waals surface area contributed by atoms with Crippen LogP contribution in [-0.4, -0.2) is 60.8 Å². The number of hydrogen-bond acceptors (Lipinski definition) is 4. The van der Waals surface area contributed by atoms with Crippen LogP contribution in [0.5, 0.6) is 0 Å². The van der Waals surface area contributed by atoms with Crippen molar-refractivity contribution < 1.29 is 21.6 Å². The Morgan fingerprint density at radius 1 is 1.04 bits per heavy atom. The van der Waals surface area contributed by atoms with Crippen LogP contribution in [0.2, 0.25) is 0 Å². The van der Waals surface area contributed by atoms with Crippen LogP contribution in [0.15, 0.2) is 18.3 Å². The molecule has 0 unspecified atom stereocenters. The maximum absolute atomic E-state index is 13.0. The quantitative estimate of drug-likeness (QED) is 0.775. The summed E-state index contributed by atoms with van der Waals surface area (Å²) in [6.45, 7) is 4.15. The second-order valence-electron chi connectivity index (χ2n) is 7.11. The number of pyridine rings is 1. The predicted molar refractivity (Wildman–Crippen MR) is 96.6 cm³/mol. The summed E-state index contributed by atoms with van der Waals surface area (Å²) in [5, 5.41) is 0. The third kappa shape index (κ3) is 4.55. The van der Waals surface area contributed by atoms with Crippen molar-refractivity contribution in [3.05, 3.63) is 23.9 Å². The highest BCUT2D eigenvalue weighted by Gasteiger charge is 2.35. The van der Waals surface area contributed by atoms with Crippen LogP contribution in [0.25, 0.3) is 0 Å². The van der Waals surface area contributed by atoms with E-state index in [-0.39, 0.29) is 6.04 Å². The van der Waals surface area contributed by atoms with Gasteiger partial charge in [-0.3, -0.25) is 0 Å². The molecule has 6 nitrogen and oxygen atoms in total. The van der Waals surface area contributed by atoms with Gasteiger partial charge >= 0.3 is 6.18 Å². The van der Waals surface area contributed by atoms with Crippen molar-refractivity contribution in [3.63, 3.8) is 0 Å². The molecule has 0 N–H and O–H groups in total. The molecule has 0 amide bonds. The molecule has 2 saturated heterocycles. The molecule has 0 bridgehead atoms. The summed E-state index contributed by atoms with van der Waals surface area (Å²) in [5.74, 6) is 0.439. The van der Waals surface area contributed by atoms with Crippen LogP contribution in [0, 0.1) is 0 Å². The zero-order chi connectivity index (χ0) is 19.7. The molecule has 3 heterocycles. The average Bonchev–Trinajstić information content (AvgIpc) is 2.88. The topological polar surface area (TPSA) is 56.8 Å². The first-order valence-corrected chi connectivity index (χ1v) is 10.6. The summed E-state index contributed by atoms with van der Waals surface area (Å²) in [6.07, 6.45) is -0.205. The van der Waals surface area contributed by atoms with E-state index in [1.165, 1.54) is 10.4 Å². The normalized spacial score (nSPS) is 24.0. The number of halogens is 3. The highest BCUT2D eigenvalue weighted by molar-refractivity contribution is 7.86. The largest absolute Gasteiger partial charge is 0.417 e. The molecule has 2 fully saturated rings. The third-order valence-electron chi connectivity index (χ3n) is 5.22. The van der Waals surface area contributed by atoms with Gasteiger partial charge in [-0.25, -0.2) is 4.98 Å². The second kappa shape index (κ2) is 7.92. The van der Waals surface area contributed by atoms with Crippen LogP contribution < -0.4 is 4.90 Å². The summed E-state index contributed by atoms with van der Waals surface area (Å²) in [5.41, 5.74) is -0.788. The molecule has 2 aliphatic rings. The standard InChI is InChI=1S/C17H25F3N4O2S/c1-14-5-2-3-10-24(14)27(25,26)23-9-4-8-22(11-12-23)16-7-6-15(13-21-16)17(18,19)20/h6-7,13-14H,2-5,8-12H2,1H3/t14-/m1/s1. The van der Waals surface area contributed by atoms with E-state index >= 15 is 0 Å². The number of anilines is 1. The molecule has 10 heteroatoms. The van der Waals surface area contributed by atoms with Gasteiger partial charge in [-0.15, -0.1) is 0 Å². The molecule has 0 radical (unpaired) electrons. The Hall–Kier alpha value is -1.39. The first-order valence-electron chi connectivity index (χ1n) is 9.25.